The highest BCUT2D eigenvalue weighted by Crippen LogP contribution is 2.54. The summed E-state index contributed by atoms with van der Waals surface area (Å²) in [6.45, 7) is 2.22. The van der Waals surface area contributed by atoms with Crippen LogP contribution in [0.2, 0.25) is 5.02 Å². The van der Waals surface area contributed by atoms with Gasteiger partial charge < -0.3 is 15.0 Å². The van der Waals surface area contributed by atoms with E-state index in [1.165, 1.54) is 0 Å². The molecule has 2 aliphatic rings. The normalized spacial score (nSPS) is 17.2. The molecule has 0 radical (unpaired) electrons. The Morgan fingerprint density at radius 2 is 1.89 bits per heavy atom. The first-order valence-electron chi connectivity index (χ1n) is 12.0. The fraction of sp³-hybridized carbons (Fsp3) is 0.286. The SMILES string of the molecule is Cn1c(C2CC3(CNC3)C2)nc(-c2ccc3c(cnn3C)c2)c1-c1cc(O)cc2cccc(Cl)c12. The smallest absolute Gasteiger partial charge is 0.116 e. The van der Waals surface area contributed by atoms with Gasteiger partial charge in [-0.15, -0.1) is 0 Å². The number of hydrogen-bond acceptors (Lipinski definition) is 4. The van der Waals surface area contributed by atoms with Gasteiger partial charge in [0.2, 0.25) is 0 Å². The molecule has 5 aromatic rings. The molecule has 176 valence electrons. The van der Waals surface area contributed by atoms with Crippen molar-refractivity contribution in [2.45, 2.75) is 18.8 Å². The molecule has 0 unspecified atom stereocenters. The number of aromatic hydroxyl groups is 1. The summed E-state index contributed by atoms with van der Waals surface area (Å²) in [5.41, 5.74) is 5.35. The van der Waals surface area contributed by atoms with Crippen LogP contribution < -0.4 is 5.32 Å². The first-order chi connectivity index (χ1) is 16.9. The Balaban J connectivity index is 1.48. The Labute approximate surface area is 208 Å². The van der Waals surface area contributed by atoms with E-state index in [1.54, 1.807) is 6.07 Å². The monoisotopic (exact) mass is 483 g/mol. The van der Waals surface area contributed by atoms with E-state index in [0.29, 0.717) is 16.4 Å². The summed E-state index contributed by atoms with van der Waals surface area (Å²) in [7, 11) is 4.05. The molecule has 3 aromatic carbocycles. The number of phenols is 1. The standard InChI is InChI=1S/C28H26ClN5O/c1-33-26(21-10-20(35)9-16-4-3-5-22(29)24(16)21)25(17-6-7-23-18(8-17)13-31-34(23)2)32-27(33)19-11-28(12-19)14-30-15-28/h3-10,13,19,30,35H,11-12,14-15H2,1-2H3. The molecule has 1 aliphatic carbocycles. The number of aryl methyl sites for hydroxylation is 1. The summed E-state index contributed by atoms with van der Waals surface area (Å²) in [6.07, 6.45) is 4.21. The lowest BCUT2D eigenvalue weighted by Crippen LogP contribution is -2.59. The topological polar surface area (TPSA) is 67.9 Å². The highest BCUT2D eigenvalue weighted by Gasteiger charge is 2.50. The van der Waals surface area contributed by atoms with Crippen molar-refractivity contribution < 1.29 is 5.11 Å². The van der Waals surface area contributed by atoms with Crippen molar-refractivity contribution in [1.82, 2.24) is 24.6 Å². The quantitative estimate of drug-likeness (QED) is 0.349. The third kappa shape index (κ3) is 3.06. The van der Waals surface area contributed by atoms with Gasteiger partial charge >= 0.3 is 0 Å². The Morgan fingerprint density at radius 1 is 1.06 bits per heavy atom. The Kier molecular flexibility index (Phi) is 4.39. The third-order valence-corrected chi connectivity index (χ3v) is 8.35. The van der Waals surface area contributed by atoms with E-state index in [0.717, 1.165) is 75.9 Å². The van der Waals surface area contributed by atoms with Crippen molar-refractivity contribution in [1.29, 1.82) is 0 Å². The maximum atomic E-state index is 10.7. The highest BCUT2D eigenvalue weighted by atomic mass is 35.5. The third-order valence-electron chi connectivity index (χ3n) is 8.04. The number of nitrogens with zero attached hydrogens (tertiary/aromatic N) is 4. The molecule has 0 amide bonds. The van der Waals surface area contributed by atoms with Crippen molar-refractivity contribution in [3.05, 3.63) is 65.6 Å². The Hall–Kier alpha value is -3.35. The van der Waals surface area contributed by atoms with Crippen LogP contribution in [0.15, 0.2) is 54.7 Å². The number of fused-ring (bicyclic) bond motifs is 2. The lowest BCUT2D eigenvalue weighted by molar-refractivity contribution is 0.0321. The number of hydrogen-bond donors (Lipinski definition) is 2. The summed E-state index contributed by atoms with van der Waals surface area (Å²) in [4.78, 5) is 5.27. The summed E-state index contributed by atoms with van der Waals surface area (Å²) >= 11 is 6.74. The number of phenolic OH excluding ortho intramolecular Hbond substituents is 1. The first-order valence-corrected chi connectivity index (χ1v) is 12.4. The van der Waals surface area contributed by atoms with E-state index in [4.69, 9.17) is 16.6 Å². The van der Waals surface area contributed by atoms with Crippen molar-refractivity contribution in [3.8, 4) is 28.3 Å². The van der Waals surface area contributed by atoms with Crippen molar-refractivity contribution in [2.75, 3.05) is 13.1 Å². The largest absolute Gasteiger partial charge is 0.508 e. The summed E-state index contributed by atoms with van der Waals surface area (Å²) < 4.78 is 4.11. The van der Waals surface area contributed by atoms with Crippen molar-refractivity contribution in [3.63, 3.8) is 0 Å². The number of rotatable bonds is 3. The van der Waals surface area contributed by atoms with Crippen LogP contribution in [0.25, 0.3) is 44.2 Å². The zero-order valence-corrected chi connectivity index (χ0v) is 20.5. The Bertz CT molecular complexity index is 1640. The van der Waals surface area contributed by atoms with Gasteiger partial charge in [0.15, 0.2) is 0 Å². The number of benzene rings is 3. The van der Waals surface area contributed by atoms with Gasteiger partial charge in [0, 0.05) is 60.0 Å². The predicted octanol–water partition coefficient (Wildman–Crippen LogP) is 5.62. The molecule has 1 saturated carbocycles. The van der Waals surface area contributed by atoms with Crippen LogP contribution in [0.1, 0.15) is 24.6 Å². The van der Waals surface area contributed by atoms with Gasteiger partial charge in [-0.2, -0.15) is 5.10 Å². The Morgan fingerprint density at radius 3 is 2.66 bits per heavy atom. The van der Waals surface area contributed by atoms with E-state index in [1.807, 2.05) is 42.2 Å². The number of nitrogens with one attached hydrogen (secondary N) is 1. The second-order valence-corrected chi connectivity index (χ2v) is 10.7. The number of imidazole rings is 1. The molecule has 35 heavy (non-hydrogen) atoms. The minimum Gasteiger partial charge on any atom is -0.508 e. The van der Waals surface area contributed by atoms with Gasteiger partial charge in [-0.3, -0.25) is 4.68 Å². The molecule has 2 aromatic heterocycles. The molecule has 0 atom stereocenters. The lowest BCUT2D eigenvalue weighted by Gasteiger charge is -2.54. The molecule has 6 nitrogen and oxygen atoms in total. The van der Waals surface area contributed by atoms with E-state index < -0.39 is 0 Å². The van der Waals surface area contributed by atoms with E-state index in [9.17, 15) is 5.11 Å². The molecule has 1 spiro atoms. The van der Waals surface area contributed by atoms with E-state index in [-0.39, 0.29) is 5.75 Å². The average molecular weight is 484 g/mol. The molecule has 7 heteroatoms. The van der Waals surface area contributed by atoms with E-state index in [2.05, 4.69) is 40.2 Å². The van der Waals surface area contributed by atoms with Crippen molar-refractivity contribution in [2.24, 2.45) is 19.5 Å². The fourth-order valence-corrected chi connectivity index (χ4v) is 6.47. The molecule has 2 fully saturated rings. The second-order valence-electron chi connectivity index (χ2n) is 10.3. The maximum absolute atomic E-state index is 10.7. The van der Waals surface area contributed by atoms with Crippen LogP contribution in [0, 0.1) is 5.41 Å². The minimum atomic E-state index is 0.217. The maximum Gasteiger partial charge on any atom is 0.116 e. The zero-order valence-electron chi connectivity index (χ0n) is 19.7. The van der Waals surface area contributed by atoms with Crippen LogP contribution in [-0.2, 0) is 14.1 Å². The zero-order chi connectivity index (χ0) is 23.9. The molecule has 3 heterocycles. The average Bonchev–Trinajstić information content (AvgIpc) is 3.31. The first kappa shape index (κ1) is 21.0. The summed E-state index contributed by atoms with van der Waals surface area (Å²) in [5, 5.41) is 22.1. The van der Waals surface area contributed by atoms with Crippen LogP contribution >= 0.6 is 11.6 Å². The molecule has 0 bridgehead atoms. The fourth-order valence-electron chi connectivity index (χ4n) is 6.19. The van der Waals surface area contributed by atoms with Crippen LogP contribution in [0.3, 0.4) is 0 Å². The molecule has 1 aliphatic heterocycles. The van der Waals surface area contributed by atoms with Gasteiger partial charge in [0.05, 0.1) is 23.1 Å². The predicted molar refractivity (Wildman–Crippen MR) is 140 cm³/mol. The molecular weight excluding hydrogens is 458 g/mol. The van der Waals surface area contributed by atoms with Crippen molar-refractivity contribution >= 4 is 33.3 Å². The molecule has 2 N–H and O–H groups in total. The van der Waals surface area contributed by atoms with Crippen LogP contribution in [0.5, 0.6) is 5.75 Å². The summed E-state index contributed by atoms with van der Waals surface area (Å²) in [5.74, 6) is 1.74. The van der Waals surface area contributed by atoms with Gasteiger partial charge in [0.1, 0.15) is 11.6 Å². The molecule has 1 saturated heterocycles. The van der Waals surface area contributed by atoms with Gasteiger partial charge in [0.25, 0.3) is 0 Å². The number of aromatic nitrogens is 4. The summed E-state index contributed by atoms with van der Waals surface area (Å²) in [6, 6.07) is 15.8. The minimum absolute atomic E-state index is 0.217. The molecular formula is C28H26ClN5O. The van der Waals surface area contributed by atoms with Gasteiger partial charge in [-0.05, 0) is 54.0 Å². The highest BCUT2D eigenvalue weighted by molar-refractivity contribution is 6.36. The van der Waals surface area contributed by atoms with Crippen LogP contribution in [-0.4, -0.2) is 37.5 Å². The lowest BCUT2D eigenvalue weighted by atomic mass is 9.58. The molecule has 7 rings (SSSR count). The number of halogens is 1. The van der Waals surface area contributed by atoms with Gasteiger partial charge in [-0.1, -0.05) is 29.8 Å². The van der Waals surface area contributed by atoms with E-state index >= 15 is 0 Å². The second kappa shape index (κ2) is 7.33. The van der Waals surface area contributed by atoms with Gasteiger partial charge in [-0.25, -0.2) is 4.98 Å². The van der Waals surface area contributed by atoms with Crippen LogP contribution in [0.4, 0.5) is 0 Å².